The fourth-order valence-corrected chi connectivity index (χ4v) is 4.55. The minimum absolute atomic E-state index is 0.0314. The number of carbonyl (C=O) groups excluding carboxylic acids is 2. The number of esters is 1. The van der Waals surface area contributed by atoms with Crippen LogP contribution in [0.4, 0.5) is 36.8 Å². The number of hydrogen-bond acceptors (Lipinski definition) is 5. The van der Waals surface area contributed by atoms with E-state index in [1.54, 1.807) is 37.3 Å². The molecule has 0 spiro atoms. The van der Waals surface area contributed by atoms with Gasteiger partial charge in [-0.15, -0.1) is 13.2 Å². The number of ether oxygens (including phenoxy) is 2. The first-order chi connectivity index (χ1) is 19.2. The summed E-state index contributed by atoms with van der Waals surface area (Å²) < 4.78 is 86.6. The highest BCUT2D eigenvalue weighted by molar-refractivity contribution is 6.32. The van der Waals surface area contributed by atoms with Crippen molar-refractivity contribution in [2.24, 2.45) is 5.10 Å². The first kappa shape index (κ1) is 29.7. The van der Waals surface area contributed by atoms with E-state index in [-0.39, 0.29) is 23.6 Å². The van der Waals surface area contributed by atoms with Crippen molar-refractivity contribution in [3.63, 3.8) is 0 Å². The summed E-state index contributed by atoms with van der Waals surface area (Å²) in [6.07, 6.45) is -9.64. The molecule has 1 aliphatic rings. The van der Waals surface area contributed by atoms with Crippen LogP contribution in [0, 0.1) is 0 Å². The summed E-state index contributed by atoms with van der Waals surface area (Å²) in [5.41, 5.74) is -2.51. The SMILES string of the molecule is CCOC(=O)C1(c2ccccc2)CN(C(=O)Nc2ccc(OC(F)(F)F)cc2)N=C1c1ccc(C(F)(F)F)c(Cl)c1. The number of nitrogens with one attached hydrogen (secondary N) is 1. The van der Waals surface area contributed by atoms with Gasteiger partial charge in [0.15, 0.2) is 5.41 Å². The number of amides is 2. The third-order valence-corrected chi connectivity index (χ3v) is 6.34. The Morgan fingerprint density at radius 3 is 2.22 bits per heavy atom. The molecule has 3 aromatic rings. The molecule has 0 saturated carbocycles. The maximum atomic E-state index is 13.6. The fourth-order valence-electron chi connectivity index (χ4n) is 4.27. The molecule has 1 atom stereocenters. The van der Waals surface area contributed by atoms with Gasteiger partial charge in [-0.3, -0.25) is 4.79 Å². The quantitative estimate of drug-likeness (QED) is 0.244. The van der Waals surface area contributed by atoms with Gasteiger partial charge in [0, 0.05) is 11.3 Å². The second-order valence-electron chi connectivity index (χ2n) is 8.69. The van der Waals surface area contributed by atoms with Gasteiger partial charge in [-0.1, -0.05) is 48.0 Å². The van der Waals surface area contributed by atoms with Crippen molar-refractivity contribution in [2.75, 3.05) is 18.5 Å². The summed E-state index contributed by atoms with van der Waals surface area (Å²) in [6, 6.07) is 14.3. The largest absolute Gasteiger partial charge is 0.573 e. The average Bonchev–Trinajstić information content (AvgIpc) is 3.31. The van der Waals surface area contributed by atoms with E-state index in [0.717, 1.165) is 47.5 Å². The Bertz CT molecular complexity index is 1460. The van der Waals surface area contributed by atoms with E-state index in [1.165, 1.54) is 0 Å². The van der Waals surface area contributed by atoms with Crippen LogP contribution in [0.3, 0.4) is 0 Å². The molecule has 0 saturated heterocycles. The molecule has 0 bridgehead atoms. The third kappa shape index (κ3) is 6.40. The van der Waals surface area contributed by atoms with Crippen LogP contribution in [0.15, 0.2) is 77.9 Å². The molecule has 0 aliphatic carbocycles. The summed E-state index contributed by atoms with van der Waals surface area (Å²) in [6.45, 7) is 1.10. The van der Waals surface area contributed by atoms with Crippen molar-refractivity contribution < 1.29 is 45.4 Å². The Kier molecular flexibility index (Phi) is 8.20. The normalized spacial score (nSPS) is 17.2. The standard InChI is InChI=1S/C27H20ClF6N3O4/c1-2-40-23(38)25(17-6-4-3-5-7-17)15-37(24(39)35-18-9-11-19(12-10-18)41-27(32,33)34)36-22(25)16-8-13-20(21(28)14-16)26(29,30)31/h3-14H,2,15H2,1H3,(H,35,39). The van der Waals surface area contributed by atoms with Crippen LogP contribution in [-0.2, 0) is 21.1 Å². The van der Waals surface area contributed by atoms with Gasteiger partial charge in [-0.25, -0.2) is 9.80 Å². The van der Waals surface area contributed by atoms with Crippen molar-refractivity contribution in [1.29, 1.82) is 0 Å². The average molecular weight is 600 g/mol. The molecule has 2 amide bonds. The lowest BCUT2D eigenvalue weighted by atomic mass is 9.74. The van der Waals surface area contributed by atoms with Crippen molar-refractivity contribution >= 4 is 35.0 Å². The van der Waals surface area contributed by atoms with Crippen molar-refractivity contribution in [2.45, 2.75) is 24.9 Å². The van der Waals surface area contributed by atoms with E-state index in [0.29, 0.717) is 5.56 Å². The Hall–Kier alpha value is -4.26. The van der Waals surface area contributed by atoms with Gasteiger partial charge >= 0.3 is 24.5 Å². The van der Waals surface area contributed by atoms with Gasteiger partial charge in [0.1, 0.15) is 5.75 Å². The molecule has 0 aromatic heterocycles. The fraction of sp³-hybridized carbons (Fsp3) is 0.222. The van der Waals surface area contributed by atoms with Crippen LogP contribution in [0.25, 0.3) is 0 Å². The van der Waals surface area contributed by atoms with Crippen LogP contribution in [-0.4, -0.2) is 42.2 Å². The minimum Gasteiger partial charge on any atom is -0.465 e. The molecule has 1 heterocycles. The van der Waals surface area contributed by atoms with Gasteiger partial charge in [0.05, 0.1) is 29.4 Å². The van der Waals surface area contributed by atoms with E-state index in [9.17, 15) is 35.9 Å². The number of benzene rings is 3. The smallest absolute Gasteiger partial charge is 0.465 e. The van der Waals surface area contributed by atoms with Gasteiger partial charge in [0.2, 0.25) is 0 Å². The van der Waals surface area contributed by atoms with Crippen LogP contribution < -0.4 is 10.1 Å². The zero-order chi connectivity index (χ0) is 30.0. The van der Waals surface area contributed by atoms with Gasteiger partial charge in [0.25, 0.3) is 0 Å². The van der Waals surface area contributed by atoms with Gasteiger partial charge in [-0.05, 0) is 48.9 Å². The summed E-state index contributed by atoms with van der Waals surface area (Å²) >= 11 is 5.97. The Balaban J connectivity index is 1.76. The van der Waals surface area contributed by atoms with E-state index in [1.807, 2.05) is 0 Å². The third-order valence-electron chi connectivity index (χ3n) is 6.02. The monoisotopic (exact) mass is 599 g/mol. The topological polar surface area (TPSA) is 80.2 Å². The van der Waals surface area contributed by atoms with Gasteiger partial charge < -0.3 is 14.8 Å². The zero-order valence-corrected chi connectivity index (χ0v) is 21.8. The Morgan fingerprint density at radius 1 is 1.00 bits per heavy atom. The Labute approximate surface area is 234 Å². The van der Waals surface area contributed by atoms with Crippen molar-refractivity contribution in [1.82, 2.24) is 5.01 Å². The number of urea groups is 1. The molecule has 1 unspecified atom stereocenters. The molecule has 14 heteroatoms. The molecule has 0 fully saturated rings. The summed E-state index contributed by atoms with van der Waals surface area (Å²) in [4.78, 5) is 26.8. The molecular weight excluding hydrogens is 580 g/mol. The lowest BCUT2D eigenvalue weighted by Crippen LogP contribution is -2.48. The molecule has 1 aliphatic heterocycles. The van der Waals surface area contributed by atoms with Crippen molar-refractivity contribution in [3.8, 4) is 5.75 Å². The lowest BCUT2D eigenvalue weighted by molar-refractivity contribution is -0.274. The first-order valence-corrected chi connectivity index (χ1v) is 12.3. The van der Waals surface area contributed by atoms with Crippen LogP contribution >= 0.6 is 11.6 Å². The zero-order valence-electron chi connectivity index (χ0n) is 21.0. The molecule has 0 radical (unpaired) electrons. The van der Waals surface area contributed by atoms with E-state index < -0.39 is 52.8 Å². The number of rotatable bonds is 6. The molecule has 41 heavy (non-hydrogen) atoms. The van der Waals surface area contributed by atoms with E-state index in [4.69, 9.17) is 16.3 Å². The van der Waals surface area contributed by atoms with Crippen LogP contribution in [0.5, 0.6) is 5.75 Å². The van der Waals surface area contributed by atoms with E-state index in [2.05, 4.69) is 15.2 Å². The second-order valence-corrected chi connectivity index (χ2v) is 9.10. The number of hydrazone groups is 1. The predicted molar refractivity (Wildman–Crippen MR) is 137 cm³/mol. The first-order valence-electron chi connectivity index (χ1n) is 11.9. The molecule has 7 nitrogen and oxygen atoms in total. The predicted octanol–water partition coefficient (Wildman–Crippen LogP) is 7.01. The maximum Gasteiger partial charge on any atom is 0.573 e. The number of hydrogen-bond donors (Lipinski definition) is 1. The van der Waals surface area contributed by atoms with Crippen LogP contribution in [0.2, 0.25) is 5.02 Å². The van der Waals surface area contributed by atoms with E-state index >= 15 is 0 Å². The maximum absolute atomic E-state index is 13.6. The van der Waals surface area contributed by atoms with Crippen molar-refractivity contribution in [3.05, 3.63) is 94.5 Å². The molecule has 4 rings (SSSR count). The highest BCUT2D eigenvalue weighted by Gasteiger charge is 2.54. The lowest BCUT2D eigenvalue weighted by Gasteiger charge is -2.29. The number of nitrogens with zero attached hydrogens (tertiary/aromatic N) is 2. The molecule has 216 valence electrons. The number of carbonyl (C=O) groups is 2. The highest BCUT2D eigenvalue weighted by atomic mass is 35.5. The number of halogens is 7. The summed E-state index contributed by atoms with van der Waals surface area (Å²) in [5.74, 6) is -1.33. The Morgan fingerprint density at radius 2 is 1.66 bits per heavy atom. The second kappa shape index (κ2) is 11.3. The van der Waals surface area contributed by atoms with Gasteiger partial charge in [-0.2, -0.15) is 18.3 Å². The minimum atomic E-state index is -4.90. The molecule has 3 aromatic carbocycles. The number of alkyl halides is 6. The number of anilines is 1. The summed E-state index contributed by atoms with van der Waals surface area (Å²) in [7, 11) is 0. The molecular formula is C27H20ClF6N3O4. The summed E-state index contributed by atoms with van der Waals surface area (Å²) in [5, 5.41) is 7.01. The highest BCUT2D eigenvalue weighted by Crippen LogP contribution is 2.40. The van der Waals surface area contributed by atoms with Crippen LogP contribution in [0.1, 0.15) is 23.6 Å². The molecule has 1 N–H and O–H groups in total.